The van der Waals surface area contributed by atoms with Crippen molar-refractivity contribution in [3.8, 4) is 0 Å². The van der Waals surface area contributed by atoms with Crippen molar-refractivity contribution in [3.05, 3.63) is 46.3 Å². The minimum atomic E-state index is -0.191. The van der Waals surface area contributed by atoms with E-state index in [2.05, 4.69) is 10.1 Å². The standard InChI is InChI=1S/C16H16ClN3O2S/c1-9-8-23-16(18-9)20(13-6-4-12(17)5-7-13)15(21)14-10(2)19-22-11(14)3/h4-7,9H,8H2,1-3H3/t9-/m1/s1. The summed E-state index contributed by atoms with van der Waals surface area (Å²) >= 11 is 7.53. The van der Waals surface area contributed by atoms with E-state index in [-0.39, 0.29) is 11.9 Å². The quantitative estimate of drug-likeness (QED) is 0.819. The average molecular weight is 350 g/mol. The number of halogens is 1. The molecule has 0 saturated carbocycles. The van der Waals surface area contributed by atoms with Crippen LogP contribution in [0.2, 0.25) is 5.02 Å². The second-order valence-corrected chi connectivity index (χ2v) is 6.81. The number of amidine groups is 1. The molecule has 0 unspecified atom stereocenters. The van der Waals surface area contributed by atoms with E-state index in [1.807, 2.05) is 19.1 Å². The van der Waals surface area contributed by atoms with Crippen LogP contribution in [-0.2, 0) is 0 Å². The van der Waals surface area contributed by atoms with Gasteiger partial charge in [0, 0.05) is 10.8 Å². The first-order valence-electron chi connectivity index (χ1n) is 7.21. The summed E-state index contributed by atoms with van der Waals surface area (Å²) in [6.45, 7) is 5.52. The Kier molecular flexibility index (Phi) is 4.46. The molecule has 5 nitrogen and oxygen atoms in total. The molecule has 0 saturated heterocycles. The molecular formula is C16H16ClN3O2S. The number of carbonyl (C=O) groups excluding carboxylic acids is 1. The van der Waals surface area contributed by atoms with Gasteiger partial charge in [-0.25, -0.2) is 0 Å². The molecule has 1 amide bonds. The Morgan fingerprint density at radius 3 is 2.57 bits per heavy atom. The molecule has 1 aliphatic heterocycles. The van der Waals surface area contributed by atoms with Gasteiger partial charge in [0.2, 0.25) is 0 Å². The van der Waals surface area contributed by atoms with Crippen molar-refractivity contribution in [1.82, 2.24) is 5.16 Å². The van der Waals surface area contributed by atoms with E-state index in [4.69, 9.17) is 16.1 Å². The van der Waals surface area contributed by atoms with Gasteiger partial charge < -0.3 is 4.52 Å². The minimum Gasteiger partial charge on any atom is -0.361 e. The molecule has 1 aliphatic rings. The van der Waals surface area contributed by atoms with Crippen LogP contribution in [0.15, 0.2) is 33.8 Å². The topological polar surface area (TPSA) is 58.7 Å². The first-order chi connectivity index (χ1) is 11.0. The van der Waals surface area contributed by atoms with Gasteiger partial charge in [0.15, 0.2) is 5.17 Å². The van der Waals surface area contributed by atoms with Crippen molar-refractivity contribution < 1.29 is 9.32 Å². The van der Waals surface area contributed by atoms with E-state index in [1.54, 1.807) is 42.6 Å². The van der Waals surface area contributed by atoms with E-state index >= 15 is 0 Å². The van der Waals surface area contributed by atoms with Crippen LogP contribution in [0.5, 0.6) is 0 Å². The molecule has 3 rings (SSSR count). The molecule has 2 aromatic rings. The third-order valence-electron chi connectivity index (χ3n) is 3.51. The molecule has 2 heterocycles. The van der Waals surface area contributed by atoms with Gasteiger partial charge in [-0.2, -0.15) is 0 Å². The lowest BCUT2D eigenvalue weighted by atomic mass is 10.1. The molecule has 1 atom stereocenters. The van der Waals surface area contributed by atoms with Gasteiger partial charge in [0.1, 0.15) is 11.3 Å². The zero-order valence-electron chi connectivity index (χ0n) is 13.0. The number of carbonyl (C=O) groups is 1. The highest BCUT2D eigenvalue weighted by Crippen LogP contribution is 2.29. The summed E-state index contributed by atoms with van der Waals surface area (Å²) in [5, 5.41) is 5.18. The van der Waals surface area contributed by atoms with Gasteiger partial charge >= 0.3 is 0 Å². The number of rotatable bonds is 2. The fourth-order valence-electron chi connectivity index (χ4n) is 2.39. The third kappa shape index (κ3) is 3.14. The predicted molar refractivity (Wildman–Crippen MR) is 93.6 cm³/mol. The van der Waals surface area contributed by atoms with E-state index < -0.39 is 0 Å². The molecule has 23 heavy (non-hydrogen) atoms. The largest absolute Gasteiger partial charge is 0.361 e. The number of aromatic nitrogens is 1. The lowest BCUT2D eigenvalue weighted by molar-refractivity contribution is 0.100. The summed E-state index contributed by atoms with van der Waals surface area (Å²) in [7, 11) is 0. The second kappa shape index (κ2) is 6.37. The van der Waals surface area contributed by atoms with E-state index in [9.17, 15) is 4.79 Å². The van der Waals surface area contributed by atoms with Crippen LogP contribution >= 0.6 is 23.4 Å². The number of hydrogen-bond donors (Lipinski definition) is 0. The van der Waals surface area contributed by atoms with E-state index in [0.717, 1.165) is 11.4 Å². The normalized spacial score (nSPS) is 17.2. The maximum atomic E-state index is 13.1. The second-order valence-electron chi connectivity index (χ2n) is 5.39. The maximum Gasteiger partial charge on any atom is 0.269 e. The smallest absolute Gasteiger partial charge is 0.269 e. The zero-order chi connectivity index (χ0) is 16.6. The lowest BCUT2D eigenvalue weighted by Crippen LogP contribution is -2.35. The van der Waals surface area contributed by atoms with Gasteiger partial charge in [0.25, 0.3) is 5.91 Å². The summed E-state index contributed by atoms with van der Waals surface area (Å²) < 4.78 is 5.14. The third-order valence-corrected chi connectivity index (χ3v) is 4.96. The fraction of sp³-hybridized carbons (Fsp3) is 0.312. The van der Waals surface area contributed by atoms with Crippen LogP contribution in [0.1, 0.15) is 28.7 Å². The van der Waals surface area contributed by atoms with Crippen LogP contribution in [0, 0.1) is 13.8 Å². The lowest BCUT2D eigenvalue weighted by Gasteiger charge is -2.22. The number of hydrogen-bond acceptors (Lipinski definition) is 5. The van der Waals surface area contributed by atoms with Crippen LogP contribution in [-0.4, -0.2) is 28.0 Å². The summed E-state index contributed by atoms with van der Waals surface area (Å²) in [6.07, 6.45) is 0. The first kappa shape index (κ1) is 16.1. The molecule has 0 N–H and O–H groups in total. The molecule has 0 bridgehead atoms. The SMILES string of the molecule is Cc1noc(C)c1C(=O)N(C1=N[C@H](C)CS1)c1ccc(Cl)cc1. The fourth-order valence-corrected chi connectivity index (χ4v) is 3.55. The number of amides is 1. The number of anilines is 1. The van der Waals surface area contributed by atoms with Gasteiger partial charge in [-0.1, -0.05) is 28.5 Å². The molecule has 1 aromatic heterocycles. The highest BCUT2D eigenvalue weighted by molar-refractivity contribution is 8.14. The van der Waals surface area contributed by atoms with Crippen molar-refractivity contribution in [2.45, 2.75) is 26.8 Å². The number of aryl methyl sites for hydroxylation is 2. The molecule has 1 aromatic carbocycles. The Bertz CT molecular complexity index is 751. The van der Waals surface area contributed by atoms with Crippen LogP contribution in [0.3, 0.4) is 0 Å². The summed E-state index contributed by atoms with van der Waals surface area (Å²) in [5.41, 5.74) is 1.77. The zero-order valence-corrected chi connectivity index (χ0v) is 14.6. The van der Waals surface area contributed by atoms with Crippen molar-refractivity contribution in [3.63, 3.8) is 0 Å². The van der Waals surface area contributed by atoms with Crippen molar-refractivity contribution >= 4 is 40.1 Å². The Morgan fingerprint density at radius 1 is 1.35 bits per heavy atom. The van der Waals surface area contributed by atoms with Crippen LogP contribution in [0.25, 0.3) is 0 Å². The molecule has 0 aliphatic carbocycles. The number of benzene rings is 1. The summed E-state index contributed by atoms with van der Waals surface area (Å²) in [4.78, 5) is 19.3. The Labute approximate surface area is 143 Å². The molecule has 120 valence electrons. The van der Waals surface area contributed by atoms with Gasteiger partial charge in [0.05, 0.1) is 17.4 Å². The average Bonchev–Trinajstić information content (AvgIpc) is 3.07. The van der Waals surface area contributed by atoms with E-state index in [0.29, 0.717) is 27.2 Å². The van der Waals surface area contributed by atoms with Crippen molar-refractivity contribution in [2.24, 2.45) is 4.99 Å². The Morgan fingerprint density at radius 2 is 2.04 bits per heavy atom. The Hall–Kier alpha value is -1.79. The minimum absolute atomic E-state index is 0.183. The molecule has 0 spiro atoms. The van der Waals surface area contributed by atoms with Gasteiger partial charge in [-0.15, -0.1) is 0 Å². The predicted octanol–water partition coefficient (Wildman–Crippen LogP) is 4.08. The van der Waals surface area contributed by atoms with Crippen LogP contribution < -0.4 is 4.90 Å². The first-order valence-corrected chi connectivity index (χ1v) is 8.57. The van der Waals surface area contributed by atoms with Crippen molar-refractivity contribution in [1.29, 1.82) is 0 Å². The maximum absolute atomic E-state index is 13.1. The Balaban J connectivity index is 2.07. The van der Waals surface area contributed by atoms with Gasteiger partial charge in [-0.05, 0) is 45.0 Å². The van der Waals surface area contributed by atoms with Gasteiger partial charge in [-0.3, -0.25) is 14.7 Å². The molecule has 0 fully saturated rings. The van der Waals surface area contributed by atoms with E-state index in [1.165, 1.54) is 0 Å². The molecular weight excluding hydrogens is 334 g/mol. The highest BCUT2D eigenvalue weighted by Gasteiger charge is 2.31. The highest BCUT2D eigenvalue weighted by atomic mass is 35.5. The monoisotopic (exact) mass is 349 g/mol. The molecule has 7 heteroatoms. The number of aliphatic imine (C=N–C) groups is 1. The van der Waals surface area contributed by atoms with Crippen LogP contribution in [0.4, 0.5) is 5.69 Å². The summed E-state index contributed by atoms with van der Waals surface area (Å²) in [5.74, 6) is 1.17. The number of thioether (sulfide) groups is 1. The molecule has 0 radical (unpaired) electrons. The number of nitrogens with zero attached hydrogens (tertiary/aromatic N) is 3. The van der Waals surface area contributed by atoms with Crippen molar-refractivity contribution in [2.75, 3.05) is 10.7 Å². The summed E-state index contributed by atoms with van der Waals surface area (Å²) in [6, 6.07) is 7.32.